The highest BCUT2D eigenvalue weighted by Gasteiger charge is 2.28. The van der Waals surface area contributed by atoms with Crippen LogP contribution in [0.2, 0.25) is 0 Å². The number of nitrogens with zero attached hydrogens (tertiary/aromatic N) is 3. The van der Waals surface area contributed by atoms with Gasteiger partial charge in [-0.25, -0.2) is 4.98 Å². The van der Waals surface area contributed by atoms with Crippen LogP contribution < -0.4 is 15.1 Å². The number of amides is 1. The molecule has 4 heterocycles. The quantitative estimate of drug-likeness (QED) is 0.623. The van der Waals surface area contributed by atoms with E-state index in [1.54, 1.807) is 18.5 Å². The van der Waals surface area contributed by atoms with E-state index in [1.165, 1.54) is 11.3 Å². The van der Waals surface area contributed by atoms with Crippen molar-refractivity contribution >= 4 is 23.1 Å². The summed E-state index contributed by atoms with van der Waals surface area (Å²) in [7, 11) is 0. The third kappa shape index (κ3) is 4.46. The second-order valence-corrected chi connectivity index (χ2v) is 9.09. The van der Waals surface area contributed by atoms with Gasteiger partial charge in [-0.2, -0.15) is 0 Å². The molecule has 1 aromatic carbocycles. The van der Waals surface area contributed by atoms with Crippen molar-refractivity contribution in [3.05, 3.63) is 71.8 Å². The summed E-state index contributed by atoms with van der Waals surface area (Å²) in [5.41, 5.74) is 3.74. The molecule has 1 saturated heterocycles. The second-order valence-electron chi connectivity index (χ2n) is 9.09. The Balaban J connectivity index is 1.27. The summed E-state index contributed by atoms with van der Waals surface area (Å²) >= 11 is 0. The van der Waals surface area contributed by atoms with Gasteiger partial charge in [-0.3, -0.25) is 4.79 Å². The SMILES string of the molecule is CC1CN(c2ccc(NC(=O)c3ccoc3CN3c4ccccc4CC3C)cn2)CC(C)O1. The molecule has 172 valence electrons. The van der Waals surface area contributed by atoms with E-state index >= 15 is 0 Å². The summed E-state index contributed by atoms with van der Waals surface area (Å²) in [4.78, 5) is 22.1. The number of anilines is 3. The van der Waals surface area contributed by atoms with Gasteiger partial charge in [0, 0.05) is 24.8 Å². The fraction of sp³-hybridized carbons (Fsp3) is 0.385. The number of hydrogen-bond donors (Lipinski definition) is 1. The Morgan fingerprint density at radius 3 is 2.64 bits per heavy atom. The number of aromatic nitrogens is 1. The Bertz CT molecular complexity index is 1120. The summed E-state index contributed by atoms with van der Waals surface area (Å²) in [6, 6.07) is 14.3. The topological polar surface area (TPSA) is 70.8 Å². The van der Waals surface area contributed by atoms with Gasteiger partial charge in [-0.05, 0) is 57.0 Å². The van der Waals surface area contributed by atoms with Gasteiger partial charge in [0.25, 0.3) is 5.91 Å². The normalized spacial score (nSPS) is 22.3. The maximum atomic E-state index is 13.0. The predicted molar refractivity (Wildman–Crippen MR) is 129 cm³/mol. The van der Waals surface area contributed by atoms with Crippen LogP contribution in [0.3, 0.4) is 0 Å². The Morgan fingerprint density at radius 1 is 1.09 bits per heavy atom. The number of carbonyl (C=O) groups excluding carboxylic acids is 1. The van der Waals surface area contributed by atoms with Gasteiger partial charge in [0.05, 0.1) is 42.5 Å². The van der Waals surface area contributed by atoms with Crippen molar-refractivity contribution in [2.45, 2.75) is 52.0 Å². The van der Waals surface area contributed by atoms with Crippen LogP contribution >= 0.6 is 0 Å². The van der Waals surface area contributed by atoms with Gasteiger partial charge < -0.3 is 24.3 Å². The zero-order chi connectivity index (χ0) is 22.9. The molecule has 0 saturated carbocycles. The van der Waals surface area contributed by atoms with E-state index in [1.807, 2.05) is 12.1 Å². The van der Waals surface area contributed by atoms with Gasteiger partial charge in [0.1, 0.15) is 11.6 Å². The van der Waals surface area contributed by atoms with Crippen molar-refractivity contribution in [2.75, 3.05) is 28.2 Å². The highest BCUT2D eigenvalue weighted by molar-refractivity contribution is 6.05. The third-order valence-electron chi connectivity index (χ3n) is 6.40. The first-order valence-electron chi connectivity index (χ1n) is 11.6. The lowest BCUT2D eigenvalue weighted by Crippen LogP contribution is -2.45. The first-order valence-corrected chi connectivity index (χ1v) is 11.6. The highest BCUT2D eigenvalue weighted by Crippen LogP contribution is 2.33. The molecular weight excluding hydrogens is 416 g/mol. The lowest BCUT2D eigenvalue weighted by Gasteiger charge is -2.36. The zero-order valence-corrected chi connectivity index (χ0v) is 19.3. The van der Waals surface area contributed by atoms with E-state index in [9.17, 15) is 4.79 Å². The molecule has 2 aliphatic heterocycles. The zero-order valence-electron chi connectivity index (χ0n) is 19.3. The summed E-state index contributed by atoms with van der Waals surface area (Å²) in [5.74, 6) is 1.36. The van der Waals surface area contributed by atoms with Crippen LogP contribution in [-0.4, -0.2) is 42.2 Å². The number of carbonyl (C=O) groups is 1. The second kappa shape index (κ2) is 8.90. The molecule has 0 aliphatic carbocycles. The molecule has 0 radical (unpaired) electrons. The lowest BCUT2D eigenvalue weighted by molar-refractivity contribution is -0.00545. The number of rotatable bonds is 5. The molecule has 7 heteroatoms. The number of fused-ring (bicyclic) bond motifs is 1. The van der Waals surface area contributed by atoms with Crippen LogP contribution in [0.5, 0.6) is 0 Å². The molecule has 3 atom stereocenters. The Hall–Kier alpha value is -3.32. The maximum Gasteiger partial charge on any atom is 0.259 e. The minimum absolute atomic E-state index is 0.166. The summed E-state index contributed by atoms with van der Waals surface area (Å²) in [6.07, 6.45) is 4.62. The van der Waals surface area contributed by atoms with Crippen molar-refractivity contribution in [2.24, 2.45) is 0 Å². The summed E-state index contributed by atoms with van der Waals surface area (Å²) < 4.78 is 11.5. The number of furan rings is 1. The molecule has 1 amide bonds. The minimum Gasteiger partial charge on any atom is -0.467 e. The van der Waals surface area contributed by atoms with Crippen LogP contribution in [0.25, 0.3) is 0 Å². The molecule has 3 aromatic rings. The van der Waals surface area contributed by atoms with Crippen LogP contribution in [0.1, 0.15) is 42.5 Å². The molecule has 0 bridgehead atoms. The molecule has 5 rings (SSSR count). The molecule has 1 fully saturated rings. The number of nitrogens with one attached hydrogen (secondary N) is 1. The number of morpholine rings is 1. The maximum absolute atomic E-state index is 13.0. The van der Waals surface area contributed by atoms with E-state index in [0.717, 1.165) is 25.3 Å². The van der Waals surface area contributed by atoms with Gasteiger partial charge in [0.2, 0.25) is 0 Å². The number of ether oxygens (including phenoxy) is 1. The van der Waals surface area contributed by atoms with E-state index in [-0.39, 0.29) is 18.1 Å². The van der Waals surface area contributed by atoms with Crippen LogP contribution in [0.4, 0.5) is 17.2 Å². The van der Waals surface area contributed by atoms with Crippen LogP contribution in [0.15, 0.2) is 59.3 Å². The molecule has 33 heavy (non-hydrogen) atoms. The van der Waals surface area contributed by atoms with Gasteiger partial charge in [-0.15, -0.1) is 0 Å². The third-order valence-corrected chi connectivity index (χ3v) is 6.40. The number of para-hydroxylation sites is 1. The Kier molecular flexibility index (Phi) is 5.81. The molecule has 0 spiro atoms. The molecular formula is C26H30N4O3. The minimum atomic E-state index is -0.193. The fourth-order valence-electron chi connectivity index (χ4n) is 4.90. The first-order chi connectivity index (χ1) is 16.0. The fourth-order valence-corrected chi connectivity index (χ4v) is 4.90. The smallest absolute Gasteiger partial charge is 0.259 e. The predicted octanol–water partition coefficient (Wildman–Crippen LogP) is 4.49. The first kappa shape index (κ1) is 21.5. The van der Waals surface area contributed by atoms with Crippen LogP contribution in [-0.2, 0) is 17.7 Å². The highest BCUT2D eigenvalue weighted by atomic mass is 16.5. The number of hydrogen-bond acceptors (Lipinski definition) is 6. The van der Waals surface area contributed by atoms with Crippen molar-refractivity contribution in [3.63, 3.8) is 0 Å². The van der Waals surface area contributed by atoms with Crippen LogP contribution in [0, 0.1) is 0 Å². The van der Waals surface area contributed by atoms with E-state index < -0.39 is 0 Å². The molecule has 2 aliphatic rings. The van der Waals surface area contributed by atoms with Crippen molar-refractivity contribution in [1.29, 1.82) is 0 Å². The summed E-state index contributed by atoms with van der Waals surface area (Å²) in [5, 5.41) is 2.96. The van der Waals surface area contributed by atoms with Gasteiger partial charge in [0.15, 0.2) is 0 Å². The lowest BCUT2D eigenvalue weighted by atomic mass is 10.1. The molecule has 3 unspecified atom stereocenters. The average molecular weight is 447 g/mol. The number of benzene rings is 1. The van der Waals surface area contributed by atoms with Gasteiger partial charge in [-0.1, -0.05) is 18.2 Å². The van der Waals surface area contributed by atoms with E-state index in [0.29, 0.717) is 29.6 Å². The molecule has 2 aromatic heterocycles. The van der Waals surface area contributed by atoms with Crippen molar-refractivity contribution in [3.8, 4) is 0 Å². The average Bonchev–Trinajstić information content (AvgIpc) is 3.38. The monoisotopic (exact) mass is 446 g/mol. The number of pyridine rings is 1. The van der Waals surface area contributed by atoms with Gasteiger partial charge >= 0.3 is 0 Å². The van der Waals surface area contributed by atoms with E-state index in [2.05, 4.69) is 65.1 Å². The van der Waals surface area contributed by atoms with E-state index in [4.69, 9.17) is 9.15 Å². The standard InChI is InChI=1S/C26H30N4O3/c1-17-12-20-6-4-5-7-23(20)30(17)16-24-22(10-11-32-24)26(31)28-21-8-9-25(27-13-21)29-14-18(2)33-19(3)15-29/h4-11,13,17-19H,12,14-16H2,1-3H3,(H,28,31). The largest absolute Gasteiger partial charge is 0.467 e. The molecule has 1 N–H and O–H groups in total. The molecule has 7 nitrogen and oxygen atoms in total. The Morgan fingerprint density at radius 2 is 1.88 bits per heavy atom. The van der Waals surface area contributed by atoms with Crippen molar-refractivity contribution in [1.82, 2.24) is 4.98 Å². The summed E-state index contributed by atoms with van der Waals surface area (Å²) in [6.45, 7) is 8.51. The Labute approximate surface area is 194 Å². The van der Waals surface area contributed by atoms with Crippen molar-refractivity contribution < 1.29 is 13.9 Å².